The maximum absolute atomic E-state index is 12.8. The van der Waals surface area contributed by atoms with Crippen molar-refractivity contribution < 1.29 is 8.91 Å². The number of benzene rings is 1. The molecule has 0 radical (unpaired) electrons. The van der Waals surface area contributed by atoms with E-state index >= 15 is 0 Å². The molecule has 0 amide bonds. The Bertz CT molecular complexity index is 484. The molecule has 0 fully saturated rings. The molecule has 5 heteroatoms. The number of rotatable bonds is 2. The summed E-state index contributed by atoms with van der Waals surface area (Å²) < 4.78 is 18.5. The Labute approximate surface area is 94.2 Å². The van der Waals surface area contributed by atoms with Gasteiger partial charge in [0.15, 0.2) is 5.76 Å². The fourth-order valence-corrected chi connectivity index (χ4v) is 1.77. The molecule has 2 rings (SSSR count). The van der Waals surface area contributed by atoms with Crippen molar-refractivity contribution in [2.45, 2.75) is 6.54 Å². The molecule has 3 nitrogen and oxygen atoms in total. The van der Waals surface area contributed by atoms with Crippen LogP contribution >= 0.6 is 15.9 Å². The summed E-state index contributed by atoms with van der Waals surface area (Å²) in [5.74, 6) is 0.270. The van der Waals surface area contributed by atoms with Crippen molar-refractivity contribution in [3.63, 3.8) is 0 Å². The summed E-state index contributed by atoms with van der Waals surface area (Å²) in [4.78, 5) is 0. The highest BCUT2D eigenvalue weighted by molar-refractivity contribution is 9.10. The topological polar surface area (TPSA) is 52.0 Å². The second-order valence-corrected chi connectivity index (χ2v) is 3.87. The molecule has 1 heterocycles. The van der Waals surface area contributed by atoms with Crippen LogP contribution in [-0.4, -0.2) is 5.16 Å². The fourth-order valence-electron chi connectivity index (χ4n) is 1.22. The molecule has 78 valence electrons. The Morgan fingerprint density at radius 3 is 2.80 bits per heavy atom. The third-order valence-electron chi connectivity index (χ3n) is 1.96. The van der Waals surface area contributed by atoms with Crippen LogP contribution < -0.4 is 5.73 Å². The first-order chi connectivity index (χ1) is 7.20. The largest absolute Gasteiger partial charge is 0.356 e. The molecule has 0 aliphatic heterocycles. The lowest BCUT2D eigenvalue weighted by atomic mass is 10.1. The normalized spacial score (nSPS) is 10.6. The third kappa shape index (κ3) is 2.08. The molecule has 0 aliphatic carbocycles. The first-order valence-corrected chi connectivity index (χ1v) is 5.11. The van der Waals surface area contributed by atoms with Gasteiger partial charge < -0.3 is 10.3 Å². The quantitative estimate of drug-likeness (QED) is 0.913. The number of halogens is 2. The number of hydrogen-bond acceptors (Lipinski definition) is 3. The molecular formula is C10H8BrFN2O. The van der Waals surface area contributed by atoms with E-state index in [0.29, 0.717) is 22.5 Å². The Balaban J connectivity index is 2.44. The van der Waals surface area contributed by atoms with E-state index in [4.69, 9.17) is 10.3 Å². The Kier molecular flexibility index (Phi) is 2.83. The van der Waals surface area contributed by atoms with Crippen LogP contribution in [0.3, 0.4) is 0 Å². The van der Waals surface area contributed by atoms with Crippen LogP contribution in [0.1, 0.15) is 5.69 Å². The molecule has 2 N–H and O–H groups in total. The van der Waals surface area contributed by atoms with Gasteiger partial charge in [0.05, 0.1) is 5.69 Å². The highest BCUT2D eigenvalue weighted by Gasteiger charge is 2.09. The molecule has 1 aromatic heterocycles. The molecule has 2 aromatic rings. The van der Waals surface area contributed by atoms with E-state index in [2.05, 4.69) is 21.1 Å². The van der Waals surface area contributed by atoms with Crippen molar-refractivity contribution in [3.8, 4) is 11.3 Å². The van der Waals surface area contributed by atoms with E-state index < -0.39 is 0 Å². The van der Waals surface area contributed by atoms with Crippen LogP contribution in [0.4, 0.5) is 4.39 Å². The molecular weight excluding hydrogens is 263 g/mol. The molecule has 0 saturated carbocycles. The van der Waals surface area contributed by atoms with Gasteiger partial charge in [-0.05, 0) is 34.1 Å². The Morgan fingerprint density at radius 1 is 1.40 bits per heavy atom. The minimum Gasteiger partial charge on any atom is -0.356 e. The zero-order valence-corrected chi connectivity index (χ0v) is 9.29. The molecule has 0 bridgehead atoms. The standard InChI is InChI=1S/C10H8BrFN2O/c11-9-3-6(12)1-2-8(9)10-4-7(5-13)14-15-10/h1-4H,5,13H2. The lowest BCUT2D eigenvalue weighted by molar-refractivity contribution is 0.423. The molecule has 0 saturated heterocycles. The van der Waals surface area contributed by atoms with Crippen LogP contribution in [-0.2, 0) is 6.54 Å². The minimum atomic E-state index is -0.302. The summed E-state index contributed by atoms with van der Waals surface area (Å²) in [6.07, 6.45) is 0. The molecule has 15 heavy (non-hydrogen) atoms. The van der Waals surface area contributed by atoms with Gasteiger partial charge in [0.2, 0.25) is 0 Å². The summed E-state index contributed by atoms with van der Waals surface area (Å²) in [6.45, 7) is 0.322. The smallest absolute Gasteiger partial charge is 0.168 e. The van der Waals surface area contributed by atoms with Gasteiger partial charge in [0.1, 0.15) is 5.82 Å². The van der Waals surface area contributed by atoms with E-state index in [0.717, 1.165) is 5.56 Å². The van der Waals surface area contributed by atoms with Crippen molar-refractivity contribution in [3.05, 3.63) is 40.2 Å². The average Bonchev–Trinajstić information content (AvgIpc) is 2.66. The number of hydrogen-bond donors (Lipinski definition) is 1. The van der Waals surface area contributed by atoms with Crippen LogP contribution in [0.5, 0.6) is 0 Å². The van der Waals surface area contributed by atoms with Gasteiger partial charge in [-0.3, -0.25) is 0 Å². The monoisotopic (exact) mass is 270 g/mol. The second kappa shape index (κ2) is 4.12. The van der Waals surface area contributed by atoms with Gasteiger partial charge in [-0.25, -0.2) is 4.39 Å². The van der Waals surface area contributed by atoms with Crippen molar-refractivity contribution in [2.24, 2.45) is 5.73 Å². The number of aromatic nitrogens is 1. The van der Waals surface area contributed by atoms with Gasteiger partial charge in [-0.15, -0.1) is 0 Å². The molecule has 0 atom stereocenters. The van der Waals surface area contributed by atoms with Crippen LogP contribution in [0, 0.1) is 5.82 Å². The Hall–Kier alpha value is -1.20. The molecule has 0 spiro atoms. The maximum Gasteiger partial charge on any atom is 0.168 e. The van der Waals surface area contributed by atoms with E-state index in [-0.39, 0.29) is 5.82 Å². The number of nitrogens with zero attached hydrogens (tertiary/aromatic N) is 1. The minimum absolute atomic E-state index is 0.302. The summed E-state index contributed by atoms with van der Waals surface area (Å²) in [7, 11) is 0. The Morgan fingerprint density at radius 2 is 2.20 bits per heavy atom. The summed E-state index contributed by atoms with van der Waals surface area (Å²) in [5, 5.41) is 3.76. The van der Waals surface area contributed by atoms with Crippen molar-refractivity contribution >= 4 is 15.9 Å². The maximum atomic E-state index is 12.8. The van der Waals surface area contributed by atoms with Gasteiger partial charge >= 0.3 is 0 Å². The highest BCUT2D eigenvalue weighted by Crippen LogP contribution is 2.29. The number of nitrogens with two attached hydrogens (primary N) is 1. The average molecular weight is 271 g/mol. The second-order valence-electron chi connectivity index (χ2n) is 3.01. The van der Waals surface area contributed by atoms with Gasteiger partial charge in [-0.2, -0.15) is 0 Å². The van der Waals surface area contributed by atoms with E-state index in [1.54, 1.807) is 12.1 Å². The fraction of sp³-hybridized carbons (Fsp3) is 0.100. The summed E-state index contributed by atoms with van der Waals surface area (Å²) >= 11 is 3.26. The van der Waals surface area contributed by atoms with E-state index in [9.17, 15) is 4.39 Å². The third-order valence-corrected chi connectivity index (χ3v) is 2.62. The molecule has 1 aromatic carbocycles. The first kappa shape index (κ1) is 10.3. The van der Waals surface area contributed by atoms with Crippen molar-refractivity contribution in [1.82, 2.24) is 5.16 Å². The summed E-state index contributed by atoms with van der Waals surface area (Å²) in [5.41, 5.74) is 6.83. The highest BCUT2D eigenvalue weighted by atomic mass is 79.9. The van der Waals surface area contributed by atoms with Crippen LogP contribution in [0.25, 0.3) is 11.3 Å². The van der Waals surface area contributed by atoms with Gasteiger partial charge in [-0.1, -0.05) is 5.16 Å². The van der Waals surface area contributed by atoms with E-state index in [1.807, 2.05) is 0 Å². The van der Waals surface area contributed by atoms with Crippen molar-refractivity contribution in [1.29, 1.82) is 0 Å². The lowest BCUT2D eigenvalue weighted by Crippen LogP contribution is -1.94. The summed E-state index contributed by atoms with van der Waals surface area (Å²) in [6, 6.07) is 6.10. The molecule has 0 aliphatic rings. The zero-order valence-electron chi connectivity index (χ0n) is 7.71. The lowest BCUT2D eigenvalue weighted by Gasteiger charge is -1.98. The SMILES string of the molecule is NCc1cc(-c2ccc(F)cc2Br)on1. The van der Waals surface area contributed by atoms with Crippen molar-refractivity contribution in [2.75, 3.05) is 0 Å². The first-order valence-electron chi connectivity index (χ1n) is 4.32. The molecule has 0 unspecified atom stereocenters. The van der Waals surface area contributed by atoms with Gasteiger partial charge in [0, 0.05) is 22.6 Å². The van der Waals surface area contributed by atoms with E-state index in [1.165, 1.54) is 12.1 Å². The predicted molar refractivity (Wildman–Crippen MR) is 57.5 cm³/mol. The van der Waals surface area contributed by atoms with Crippen LogP contribution in [0.2, 0.25) is 0 Å². The van der Waals surface area contributed by atoms with Gasteiger partial charge in [0.25, 0.3) is 0 Å². The predicted octanol–water partition coefficient (Wildman–Crippen LogP) is 2.70. The zero-order chi connectivity index (χ0) is 10.8. The van der Waals surface area contributed by atoms with Crippen LogP contribution in [0.15, 0.2) is 33.3 Å².